The molecule has 3 aromatic rings. The molecule has 6 heteroatoms. The summed E-state index contributed by atoms with van der Waals surface area (Å²) < 4.78 is 0. The largest absolute Gasteiger partial charge is 0.371 e. The molecule has 2 aliphatic heterocycles. The van der Waals surface area contributed by atoms with E-state index >= 15 is 0 Å². The van der Waals surface area contributed by atoms with Crippen molar-refractivity contribution in [1.82, 2.24) is 20.3 Å². The van der Waals surface area contributed by atoms with Crippen LogP contribution in [0, 0.1) is 17.3 Å². The van der Waals surface area contributed by atoms with E-state index in [-0.39, 0.29) is 5.78 Å². The van der Waals surface area contributed by atoms with Gasteiger partial charge >= 0.3 is 0 Å². The number of carbonyl (C=O) groups is 1. The van der Waals surface area contributed by atoms with Crippen molar-refractivity contribution in [2.75, 3.05) is 31.1 Å². The quantitative estimate of drug-likeness (QED) is 0.671. The highest BCUT2D eigenvalue weighted by atomic mass is 16.1. The Morgan fingerprint density at radius 1 is 1.17 bits per heavy atom. The Balaban J connectivity index is 1.49. The number of nitrogens with one attached hydrogen (secondary N) is 2. The number of rotatable bonds is 3. The maximum absolute atomic E-state index is 12.8. The third-order valence-corrected chi connectivity index (χ3v) is 6.20. The smallest absolute Gasteiger partial charge is 0.171 e. The van der Waals surface area contributed by atoms with Crippen molar-refractivity contribution in [3.05, 3.63) is 42.2 Å². The molecule has 0 unspecified atom stereocenters. The van der Waals surface area contributed by atoms with Crippen molar-refractivity contribution in [2.24, 2.45) is 17.3 Å². The first-order valence-electron chi connectivity index (χ1n) is 10.4. The fraction of sp³-hybridized carbons (Fsp3) is 0.435. The Labute approximate surface area is 170 Å². The van der Waals surface area contributed by atoms with Crippen LogP contribution in [0.25, 0.3) is 22.4 Å². The molecule has 4 heterocycles. The molecular weight excluding hydrogens is 362 g/mol. The molecule has 0 aliphatic carbocycles. The van der Waals surface area contributed by atoms with Crippen molar-refractivity contribution >= 4 is 22.6 Å². The van der Waals surface area contributed by atoms with Crippen LogP contribution in [0.5, 0.6) is 0 Å². The van der Waals surface area contributed by atoms with Gasteiger partial charge in [-0.1, -0.05) is 32.9 Å². The van der Waals surface area contributed by atoms with Gasteiger partial charge in [0, 0.05) is 49.0 Å². The van der Waals surface area contributed by atoms with E-state index in [2.05, 4.69) is 44.5 Å². The summed E-state index contributed by atoms with van der Waals surface area (Å²) in [7, 11) is 0. The zero-order valence-electron chi connectivity index (χ0n) is 17.2. The number of carbonyl (C=O) groups excluding carboxylic acids is 1. The average molecular weight is 390 g/mol. The monoisotopic (exact) mass is 389 g/mol. The van der Waals surface area contributed by atoms with Crippen molar-refractivity contribution in [3.8, 4) is 11.3 Å². The SMILES string of the molecule is CC(C)(C)C(=O)c1c[nH]c2ncc(-c3cccc(N4C[C@H]5CNC[C@H]5C4)c3)nc12. The van der Waals surface area contributed by atoms with E-state index in [0.717, 1.165) is 49.3 Å². The van der Waals surface area contributed by atoms with Gasteiger partial charge in [-0.3, -0.25) is 4.79 Å². The highest BCUT2D eigenvalue weighted by molar-refractivity contribution is 6.08. The molecule has 5 rings (SSSR count). The van der Waals surface area contributed by atoms with E-state index < -0.39 is 5.41 Å². The van der Waals surface area contributed by atoms with Crippen LogP contribution in [-0.4, -0.2) is 46.9 Å². The lowest BCUT2D eigenvalue weighted by Gasteiger charge is -2.20. The fourth-order valence-corrected chi connectivity index (χ4v) is 4.54. The molecule has 0 saturated carbocycles. The third kappa shape index (κ3) is 3.21. The first kappa shape index (κ1) is 18.3. The predicted octanol–water partition coefficient (Wildman–Crippen LogP) is 3.51. The number of fused-ring (bicyclic) bond motifs is 2. The second-order valence-electron chi connectivity index (χ2n) is 9.37. The van der Waals surface area contributed by atoms with Crippen LogP contribution >= 0.6 is 0 Å². The predicted molar refractivity (Wildman–Crippen MR) is 115 cm³/mol. The van der Waals surface area contributed by atoms with Gasteiger partial charge in [-0.2, -0.15) is 0 Å². The van der Waals surface area contributed by atoms with Crippen LogP contribution in [0.1, 0.15) is 31.1 Å². The summed E-state index contributed by atoms with van der Waals surface area (Å²) in [6.07, 6.45) is 3.52. The second kappa shape index (κ2) is 6.66. The minimum Gasteiger partial charge on any atom is -0.371 e. The number of ketones is 1. The molecule has 2 fully saturated rings. The number of hydrogen-bond acceptors (Lipinski definition) is 5. The number of H-pyrrole nitrogens is 1. The van der Waals surface area contributed by atoms with Crippen LogP contribution in [0.4, 0.5) is 5.69 Å². The lowest BCUT2D eigenvalue weighted by molar-refractivity contribution is 0.0860. The van der Waals surface area contributed by atoms with E-state index in [1.807, 2.05) is 20.8 Å². The summed E-state index contributed by atoms with van der Waals surface area (Å²) in [5.74, 6) is 1.57. The van der Waals surface area contributed by atoms with E-state index in [0.29, 0.717) is 16.7 Å². The maximum Gasteiger partial charge on any atom is 0.171 e. The average Bonchev–Trinajstić information content (AvgIpc) is 3.40. The van der Waals surface area contributed by atoms with Gasteiger partial charge in [0.2, 0.25) is 0 Å². The molecule has 2 saturated heterocycles. The Kier molecular flexibility index (Phi) is 4.21. The van der Waals surface area contributed by atoms with Gasteiger partial charge in [0.15, 0.2) is 11.4 Å². The Morgan fingerprint density at radius 2 is 1.93 bits per heavy atom. The summed E-state index contributed by atoms with van der Waals surface area (Å²) in [6, 6.07) is 8.52. The summed E-state index contributed by atoms with van der Waals surface area (Å²) in [6.45, 7) is 10.2. The molecule has 2 aromatic heterocycles. The number of hydrogen-bond donors (Lipinski definition) is 2. The van der Waals surface area contributed by atoms with Gasteiger partial charge in [-0.05, 0) is 24.0 Å². The first-order valence-corrected chi connectivity index (χ1v) is 10.4. The number of nitrogens with zero attached hydrogens (tertiary/aromatic N) is 3. The summed E-state index contributed by atoms with van der Waals surface area (Å²) in [5.41, 5.74) is 4.50. The van der Waals surface area contributed by atoms with Gasteiger partial charge in [0.05, 0.1) is 17.5 Å². The van der Waals surface area contributed by atoms with Crippen LogP contribution in [-0.2, 0) is 0 Å². The van der Waals surface area contributed by atoms with Crippen molar-refractivity contribution in [2.45, 2.75) is 20.8 Å². The van der Waals surface area contributed by atoms with Gasteiger partial charge in [0.25, 0.3) is 0 Å². The normalized spacial score (nSPS) is 21.7. The number of Topliss-reactive ketones (excluding diaryl/α,β-unsaturated/α-hetero) is 1. The zero-order valence-corrected chi connectivity index (χ0v) is 17.2. The van der Waals surface area contributed by atoms with Crippen LogP contribution in [0.3, 0.4) is 0 Å². The number of benzene rings is 1. The molecule has 2 N–H and O–H groups in total. The minimum atomic E-state index is -0.463. The highest BCUT2D eigenvalue weighted by Crippen LogP contribution is 2.33. The van der Waals surface area contributed by atoms with Gasteiger partial charge in [0.1, 0.15) is 5.52 Å². The van der Waals surface area contributed by atoms with E-state index in [1.165, 1.54) is 5.69 Å². The minimum absolute atomic E-state index is 0.0705. The Bertz CT molecular complexity index is 1070. The highest BCUT2D eigenvalue weighted by Gasteiger charge is 2.36. The van der Waals surface area contributed by atoms with Crippen LogP contribution in [0.15, 0.2) is 36.7 Å². The van der Waals surface area contributed by atoms with Crippen LogP contribution in [0.2, 0.25) is 0 Å². The first-order chi connectivity index (χ1) is 13.9. The Hall–Kier alpha value is -2.73. The number of anilines is 1. The number of aromatic nitrogens is 3. The molecule has 150 valence electrons. The summed E-state index contributed by atoms with van der Waals surface area (Å²) in [5, 5.41) is 3.50. The van der Waals surface area contributed by atoms with Gasteiger partial charge in [-0.15, -0.1) is 0 Å². The van der Waals surface area contributed by atoms with Gasteiger partial charge < -0.3 is 15.2 Å². The molecule has 0 spiro atoms. The van der Waals surface area contributed by atoms with Crippen LogP contribution < -0.4 is 10.2 Å². The standard InChI is InChI=1S/C23H27N5O/c1-23(2,3)21(29)18-10-25-22-20(18)27-19(11-26-22)14-5-4-6-17(7-14)28-12-15-8-24-9-16(15)13-28/h4-7,10-11,15-16,24H,8-9,12-13H2,1-3H3,(H,25,26)/t15-,16+. The molecule has 0 bridgehead atoms. The number of aromatic amines is 1. The van der Waals surface area contributed by atoms with Crippen molar-refractivity contribution in [3.63, 3.8) is 0 Å². The van der Waals surface area contributed by atoms with E-state index in [9.17, 15) is 4.79 Å². The molecular formula is C23H27N5O. The molecule has 29 heavy (non-hydrogen) atoms. The lowest BCUT2D eigenvalue weighted by atomic mass is 9.87. The molecule has 1 aromatic carbocycles. The fourth-order valence-electron chi connectivity index (χ4n) is 4.54. The van der Waals surface area contributed by atoms with Gasteiger partial charge in [-0.25, -0.2) is 9.97 Å². The second-order valence-corrected chi connectivity index (χ2v) is 9.37. The topological polar surface area (TPSA) is 73.9 Å². The third-order valence-electron chi connectivity index (χ3n) is 6.20. The molecule has 0 amide bonds. The molecule has 2 aliphatic rings. The maximum atomic E-state index is 12.8. The molecule has 0 radical (unpaired) electrons. The van der Waals surface area contributed by atoms with E-state index in [4.69, 9.17) is 4.98 Å². The zero-order chi connectivity index (χ0) is 20.2. The van der Waals surface area contributed by atoms with Crippen molar-refractivity contribution < 1.29 is 4.79 Å². The van der Waals surface area contributed by atoms with E-state index in [1.54, 1.807) is 12.4 Å². The summed E-state index contributed by atoms with van der Waals surface area (Å²) >= 11 is 0. The molecule has 6 nitrogen and oxygen atoms in total. The summed E-state index contributed by atoms with van der Waals surface area (Å²) in [4.78, 5) is 27.7. The molecule has 2 atom stereocenters. The van der Waals surface area contributed by atoms with Crippen molar-refractivity contribution in [1.29, 1.82) is 0 Å². The Morgan fingerprint density at radius 3 is 2.66 bits per heavy atom. The lowest BCUT2D eigenvalue weighted by Crippen LogP contribution is -2.25.